The van der Waals surface area contributed by atoms with Crippen molar-refractivity contribution in [3.63, 3.8) is 0 Å². The SMILES string of the molecule is C=CCCCC(NN)c1cc(Br)ccc1Br. The van der Waals surface area contributed by atoms with Crippen molar-refractivity contribution < 1.29 is 0 Å². The van der Waals surface area contributed by atoms with Gasteiger partial charge in [-0.15, -0.1) is 6.58 Å². The fourth-order valence-corrected chi connectivity index (χ4v) is 2.48. The molecule has 16 heavy (non-hydrogen) atoms. The monoisotopic (exact) mass is 346 g/mol. The first kappa shape index (κ1) is 13.9. The first-order valence-electron chi connectivity index (χ1n) is 5.21. The van der Waals surface area contributed by atoms with Gasteiger partial charge in [0.15, 0.2) is 0 Å². The fraction of sp³-hybridized carbons (Fsp3) is 0.333. The van der Waals surface area contributed by atoms with Crippen LogP contribution in [-0.4, -0.2) is 0 Å². The molecule has 0 aliphatic heterocycles. The van der Waals surface area contributed by atoms with E-state index in [1.165, 1.54) is 5.56 Å². The van der Waals surface area contributed by atoms with Gasteiger partial charge in [0.1, 0.15) is 0 Å². The number of benzene rings is 1. The Balaban J connectivity index is 2.77. The van der Waals surface area contributed by atoms with Crippen LogP contribution in [0.25, 0.3) is 0 Å². The molecule has 1 aromatic rings. The summed E-state index contributed by atoms with van der Waals surface area (Å²) in [5, 5.41) is 0. The molecular weight excluding hydrogens is 332 g/mol. The number of hydrazine groups is 1. The molecule has 0 heterocycles. The number of hydrogen-bond acceptors (Lipinski definition) is 2. The molecule has 0 aliphatic rings. The van der Waals surface area contributed by atoms with Crippen LogP contribution in [0.15, 0.2) is 39.8 Å². The van der Waals surface area contributed by atoms with Gasteiger partial charge in [0, 0.05) is 15.0 Å². The Hall–Kier alpha value is -0.160. The molecule has 1 aromatic carbocycles. The van der Waals surface area contributed by atoms with Crippen LogP contribution >= 0.6 is 31.9 Å². The molecule has 1 atom stereocenters. The topological polar surface area (TPSA) is 38.0 Å². The highest BCUT2D eigenvalue weighted by Crippen LogP contribution is 2.29. The minimum absolute atomic E-state index is 0.173. The summed E-state index contributed by atoms with van der Waals surface area (Å²) in [4.78, 5) is 0. The predicted octanol–water partition coefficient (Wildman–Crippen LogP) is 4.07. The molecule has 1 unspecified atom stereocenters. The summed E-state index contributed by atoms with van der Waals surface area (Å²) in [5.74, 6) is 5.59. The van der Waals surface area contributed by atoms with Crippen molar-refractivity contribution in [3.05, 3.63) is 45.4 Å². The Morgan fingerprint density at radius 1 is 1.44 bits per heavy atom. The molecule has 0 radical (unpaired) electrons. The van der Waals surface area contributed by atoms with Crippen LogP contribution in [0.3, 0.4) is 0 Å². The van der Waals surface area contributed by atoms with Gasteiger partial charge in [-0.25, -0.2) is 0 Å². The summed E-state index contributed by atoms with van der Waals surface area (Å²) in [5.41, 5.74) is 4.04. The number of unbranched alkanes of at least 4 members (excludes halogenated alkanes) is 1. The van der Waals surface area contributed by atoms with Crippen molar-refractivity contribution in [1.82, 2.24) is 5.43 Å². The fourth-order valence-electron chi connectivity index (χ4n) is 1.58. The van der Waals surface area contributed by atoms with Gasteiger partial charge in [0.2, 0.25) is 0 Å². The molecule has 0 amide bonds. The van der Waals surface area contributed by atoms with E-state index >= 15 is 0 Å². The summed E-state index contributed by atoms with van der Waals surface area (Å²) in [7, 11) is 0. The van der Waals surface area contributed by atoms with Crippen molar-refractivity contribution in [3.8, 4) is 0 Å². The molecule has 0 spiro atoms. The average molecular weight is 348 g/mol. The second-order valence-electron chi connectivity index (χ2n) is 3.60. The highest BCUT2D eigenvalue weighted by atomic mass is 79.9. The third kappa shape index (κ3) is 4.01. The number of rotatable bonds is 6. The Morgan fingerprint density at radius 3 is 2.81 bits per heavy atom. The van der Waals surface area contributed by atoms with Crippen molar-refractivity contribution in [2.45, 2.75) is 25.3 Å². The number of nitrogens with one attached hydrogen (secondary N) is 1. The maximum atomic E-state index is 5.59. The maximum Gasteiger partial charge on any atom is 0.0471 e. The predicted molar refractivity (Wildman–Crippen MR) is 76.0 cm³/mol. The van der Waals surface area contributed by atoms with Gasteiger partial charge in [0.25, 0.3) is 0 Å². The molecule has 0 aromatic heterocycles. The molecule has 2 nitrogen and oxygen atoms in total. The molecule has 0 saturated carbocycles. The van der Waals surface area contributed by atoms with Gasteiger partial charge >= 0.3 is 0 Å². The standard InChI is InChI=1S/C12H16Br2N2/c1-2-3-4-5-12(16-15)10-8-9(13)6-7-11(10)14/h2,6-8,12,16H,1,3-5,15H2. The van der Waals surface area contributed by atoms with Gasteiger partial charge in [-0.2, -0.15) is 0 Å². The lowest BCUT2D eigenvalue weighted by Crippen LogP contribution is -2.28. The van der Waals surface area contributed by atoms with Crippen molar-refractivity contribution in [2.24, 2.45) is 5.84 Å². The summed E-state index contributed by atoms with van der Waals surface area (Å²) >= 11 is 7.01. The molecule has 0 aliphatic carbocycles. The zero-order valence-electron chi connectivity index (χ0n) is 9.05. The molecule has 0 saturated heterocycles. The highest BCUT2D eigenvalue weighted by Gasteiger charge is 2.12. The van der Waals surface area contributed by atoms with E-state index in [-0.39, 0.29) is 6.04 Å². The summed E-state index contributed by atoms with van der Waals surface area (Å²) in [6.07, 6.45) is 5.03. The van der Waals surface area contributed by atoms with Gasteiger partial charge in [0.05, 0.1) is 0 Å². The van der Waals surface area contributed by atoms with Crippen molar-refractivity contribution >= 4 is 31.9 Å². The molecule has 0 bridgehead atoms. The van der Waals surface area contributed by atoms with Gasteiger partial charge in [-0.05, 0) is 43.0 Å². The van der Waals surface area contributed by atoms with E-state index < -0.39 is 0 Å². The Labute approximate surface area is 114 Å². The molecule has 3 N–H and O–H groups in total. The van der Waals surface area contributed by atoms with Crippen LogP contribution in [0.2, 0.25) is 0 Å². The average Bonchev–Trinajstić information content (AvgIpc) is 2.28. The van der Waals surface area contributed by atoms with Crippen LogP contribution in [0, 0.1) is 0 Å². The number of allylic oxidation sites excluding steroid dienone is 1. The van der Waals surface area contributed by atoms with Crippen LogP contribution in [0.5, 0.6) is 0 Å². The Kier molecular flexibility index (Phi) is 6.28. The minimum Gasteiger partial charge on any atom is -0.271 e. The van der Waals surface area contributed by atoms with Crippen LogP contribution < -0.4 is 11.3 Å². The summed E-state index contributed by atoms with van der Waals surface area (Å²) < 4.78 is 2.15. The number of hydrogen-bond donors (Lipinski definition) is 2. The first-order chi connectivity index (χ1) is 7.69. The number of nitrogens with two attached hydrogens (primary N) is 1. The zero-order valence-corrected chi connectivity index (χ0v) is 12.2. The smallest absolute Gasteiger partial charge is 0.0471 e. The Morgan fingerprint density at radius 2 is 2.19 bits per heavy atom. The van der Waals surface area contributed by atoms with Crippen LogP contribution in [-0.2, 0) is 0 Å². The lowest BCUT2D eigenvalue weighted by atomic mass is 10.0. The largest absolute Gasteiger partial charge is 0.271 e. The summed E-state index contributed by atoms with van der Waals surface area (Å²) in [6, 6.07) is 6.29. The van der Waals surface area contributed by atoms with Crippen LogP contribution in [0.1, 0.15) is 30.9 Å². The van der Waals surface area contributed by atoms with E-state index in [9.17, 15) is 0 Å². The van der Waals surface area contributed by atoms with Crippen molar-refractivity contribution in [1.29, 1.82) is 0 Å². The van der Waals surface area contributed by atoms with E-state index in [0.29, 0.717) is 0 Å². The van der Waals surface area contributed by atoms with Gasteiger partial charge in [-0.3, -0.25) is 11.3 Å². The third-order valence-electron chi connectivity index (χ3n) is 2.44. The second kappa shape index (κ2) is 7.22. The van der Waals surface area contributed by atoms with E-state index in [2.05, 4.69) is 49.9 Å². The quantitative estimate of drug-likeness (QED) is 0.352. The highest BCUT2D eigenvalue weighted by molar-refractivity contribution is 9.11. The first-order valence-corrected chi connectivity index (χ1v) is 6.79. The van der Waals surface area contributed by atoms with E-state index in [4.69, 9.17) is 5.84 Å². The molecule has 88 valence electrons. The van der Waals surface area contributed by atoms with Crippen molar-refractivity contribution in [2.75, 3.05) is 0 Å². The third-order valence-corrected chi connectivity index (χ3v) is 3.65. The lowest BCUT2D eigenvalue weighted by Gasteiger charge is -2.17. The second-order valence-corrected chi connectivity index (χ2v) is 5.37. The normalized spacial score (nSPS) is 12.4. The minimum atomic E-state index is 0.173. The number of halogens is 2. The van der Waals surface area contributed by atoms with Crippen LogP contribution in [0.4, 0.5) is 0 Å². The van der Waals surface area contributed by atoms with E-state index in [1.807, 2.05) is 18.2 Å². The molecule has 4 heteroatoms. The maximum absolute atomic E-state index is 5.59. The van der Waals surface area contributed by atoms with Gasteiger partial charge < -0.3 is 0 Å². The zero-order chi connectivity index (χ0) is 12.0. The van der Waals surface area contributed by atoms with Gasteiger partial charge in [-0.1, -0.05) is 37.9 Å². The Bertz CT molecular complexity index is 353. The van der Waals surface area contributed by atoms with E-state index in [0.717, 1.165) is 28.2 Å². The molecule has 0 fully saturated rings. The summed E-state index contributed by atoms with van der Waals surface area (Å²) in [6.45, 7) is 3.72. The molecule has 1 rings (SSSR count). The lowest BCUT2D eigenvalue weighted by molar-refractivity contribution is 0.499. The van der Waals surface area contributed by atoms with E-state index in [1.54, 1.807) is 0 Å². The molecular formula is C12H16Br2N2.